The molecule has 0 saturated carbocycles. The summed E-state index contributed by atoms with van der Waals surface area (Å²) in [5, 5.41) is 5.65. The monoisotopic (exact) mass is 292 g/mol. The van der Waals surface area contributed by atoms with Crippen LogP contribution in [0.2, 0.25) is 0 Å². The van der Waals surface area contributed by atoms with Gasteiger partial charge in [0.05, 0.1) is 0 Å². The van der Waals surface area contributed by atoms with Gasteiger partial charge in [0.15, 0.2) is 5.76 Å². The van der Waals surface area contributed by atoms with E-state index < -0.39 is 0 Å². The van der Waals surface area contributed by atoms with E-state index in [1.54, 1.807) is 12.1 Å². The summed E-state index contributed by atoms with van der Waals surface area (Å²) in [6.07, 6.45) is 0. The van der Waals surface area contributed by atoms with Crippen LogP contribution in [0.5, 0.6) is 5.75 Å². The number of halogens is 1. The zero-order valence-corrected chi connectivity index (χ0v) is 11.7. The van der Waals surface area contributed by atoms with Gasteiger partial charge < -0.3 is 19.8 Å². The Labute approximate surface area is 122 Å². The molecule has 0 radical (unpaired) electrons. The molecule has 0 unspecified atom stereocenters. The summed E-state index contributed by atoms with van der Waals surface area (Å²) in [6, 6.07) is 8.97. The first-order valence-electron chi connectivity index (χ1n) is 6.59. The first-order chi connectivity index (χ1) is 10.2. The maximum Gasteiger partial charge on any atom is 0.287 e. The molecule has 6 heteroatoms. The minimum absolute atomic E-state index is 0.176. The molecule has 0 aliphatic carbocycles. The second kappa shape index (κ2) is 7.44. The molecule has 0 aliphatic heterocycles. The number of hydrogen-bond acceptors (Lipinski definition) is 4. The van der Waals surface area contributed by atoms with Crippen LogP contribution >= 0.6 is 0 Å². The van der Waals surface area contributed by atoms with Crippen LogP contribution in [0.15, 0.2) is 40.8 Å². The van der Waals surface area contributed by atoms with Crippen molar-refractivity contribution in [2.24, 2.45) is 0 Å². The number of benzene rings is 1. The second-order valence-corrected chi connectivity index (χ2v) is 4.37. The van der Waals surface area contributed by atoms with Crippen LogP contribution in [0.4, 0.5) is 4.39 Å². The SMILES string of the molecule is CNCCNC(=O)c1ccc(COc2ccc(F)cc2)o1. The number of amides is 1. The van der Waals surface area contributed by atoms with Crippen molar-refractivity contribution in [3.05, 3.63) is 53.7 Å². The highest BCUT2D eigenvalue weighted by atomic mass is 19.1. The Hall–Kier alpha value is -2.34. The highest BCUT2D eigenvalue weighted by Gasteiger charge is 2.10. The quantitative estimate of drug-likeness (QED) is 0.766. The van der Waals surface area contributed by atoms with E-state index in [0.717, 1.165) is 0 Å². The maximum absolute atomic E-state index is 12.7. The van der Waals surface area contributed by atoms with Crippen molar-refractivity contribution in [2.45, 2.75) is 6.61 Å². The Morgan fingerprint density at radius 1 is 1.19 bits per heavy atom. The van der Waals surface area contributed by atoms with Gasteiger partial charge in [0, 0.05) is 13.1 Å². The van der Waals surface area contributed by atoms with Gasteiger partial charge in [0.1, 0.15) is 23.9 Å². The lowest BCUT2D eigenvalue weighted by Gasteiger charge is -2.04. The highest BCUT2D eigenvalue weighted by Crippen LogP contribution is 2.15. The van der Waals surface area contributed by atoms with Gasteiger partial charge in [0.2, 0.25) is 0 Å². The summed E-state index contributed by atoms with van der Waals surface area (Å²) in [4.78, 5) is 11.7. The van der Waals surface area contributed by atoms with E-state index in [4.69, 9.17) is 9.15 Å². The number of ether oxygens (including phenoxy) is 1. The summed E-state index contributed by atoms with van der Waals surface area (Å²) in [6.45, 7) is 1.39. The first-order valence-corrected chi connectivity index (χ1v) is 6.59. The van der Waals surface area contributed by atoms with Crippen LogP contribution in [-0.2, 0) is 6.61 Å². The standard InChI is InChI=1S/C15H17FN2O3/c1-17-8-9-18-15(19)14-7-6-13(21-14)10-20-12-4-2-11(16)3-5-12/h2-7,17H,8-10H2,1H3,(H,18,19). The summed E-state index contributed by atoms with van der Waals surface area (Å²) < 4.78 is 23.6. The normalized spacial score (nSPS) is 10.4. The summed E-state index contributed by atoms with van der Waals surface area (Å²) in [7, 11) is 1.81. The van der Waals surface area contributed by atoms with E-state index in [2.05, 4.69) is 10.6 Å². The van der Waals surface area contributed by atoms with Gasteiger partial charge in [-0.15, -0.1) is 0 Å². The Balaban J connectivity index is 1.85. The van der Waals surface area contributed by atoms with E-state index in [-0.39, 0.29) is 24.1 Å². The van der Waals surface area contributed by atoms with Gasteiger partial charge in [0.25, 0.3) is 5.91 Å². The van der Waals surface area contributed by atoms with Crippen molar-refractivity contribution < 1.29 is 18.3 Å². The van der Waals surface area contributed by atoms with Gasteiger partial charge in [-0.1, -0.05) is 0 Å². The number of nitrogens with one attached hydrogen (secondary N) is 2. The summed E-state index contributed by atoms with van der Waals surface area (Å²) in [5.41, 5.74) is 0. The van der Waals surface area contributed by atoms with E-state index in [1.807, 2.05) is 7.05 Å². The van der Waals surface area contributed by atoms with Crippen LogP contribution in [0.1, 0.15) is 16.3 Å². The predicted molar refractivity (Wildman–Crippen MR) is 75.7 cm³/mol. The molecule has 1 aromatic carbocycles. The van der Waals surface area contributed by atoms with Gasteiger partial charge in [-0.05, 0) is 43.4 Å². The van der Waals surface area contributed by atoms with E-state index >= 15 is 0 Å². The van der Waals surface area contributed by atoms with Crippen LogP contribution in [0, 0.1) is 5.82 Å². The lowest BCUT2D eigenvalue weighted by atomic mass is 10.3. The number of likely N-dealkylation sites (N-methyl/N-ethyl adjacent to an activating group) is 1. The van der Waals surface area contributed by atoms with Crippen LogP contribution in [0.3, 0.4) is 0 Å². The second-order valence-electron chi connectivity index (χ2n) is 4.37. The summed E-state index contributed by atoms with van der Waals surface area (Å²) >= 11 is 0. The Kier molecular flexibility index (Phi) is 5.34. The molecule has 2 aromatic rings. The van der Waals surface area contributed by atoms with Crippen molar-refractivity contribution in [3.8, 4) is 5.75 Å². The van der Waals surface area contributed by atoms with Gasteiger partial charge in [-0.25, -0.2) is 4.39 Å². The molecule has 5 nitrogen and oxygen atoms in total. The van der Waals surface area contributed by atoms with Gasteiger partial charge in [-0.2, -0.15) is 0 Å². The van der Waals surface area contributed by atoms with Crippen molar-refractivity contribution >= 4 is 5.91 Å². The molecule has 112 valence electrons. The number of rotatable bonds is 7. The minimum Gasteiger partial charge on any atom is -0.486 e. The third-order valence-corrected chi connectivity index (χ3v) is 2.74. The van der Waals surface area contributed by atoms with Crippen LogP contribution in [0.25, 0.3) is 0 Å². The molecule has 0 aliphatic rings. The van der Waals surface area contributed by atoms with E-state index in [9.17, 15) is 9.18 Å². The Bertz CT molecular complexity index is 581. The molecule has 2 rings (SSSR count). The predicted octanol–water partition coefficient (Wildman–Crippen LogP) is 1.95. The van der Waals surface area contributed by atoms with Crippen LogP contribution in [-0.4, -0.2) is 26.0 Å². The molecule has 0 bridgehead atoms. The largest absolute Gasteiger partial charge is 0.486 e. The number of carbonyl (C=O) groups excluding carboxylic acids is 1. The molecular formula is C15H17FN2O3. The lowest BCUT2D eigenvalue weighted by molar-refractivity contribution is 0.0922. The zero-order valence-electron chi connectivity index (χ0n) is 11.7. The Morgan fingerprint density at radius 3 is 2.67 bits per heavy atom. The molecule has 1 aromatic heterocycles. The highest BCUT2D eigenvalue weighted by molar-refractivity contribution is 5.91. The summed E-state index contributed by atoms with van der Waals surface area (Å²) in [5.74, 6) is 0.717. The molecular weight excluding hydrogens is 275 g/mol. The smallest absolute Gasteiger partial charge is 0.287 e. The van der Waals surface area contributed by atoms with Gasteiger partial charge in [-0.3, -0.25) is 4.79 Å². The maximum atomic E-state index is 12.7. The molecule has 1 heterocycles. The van der Waals surface area contributed by atoms with Crippen molar-refractivity contribution in [1.82, 2.24) is 10.6 Å². The topological polar surface area (TPSA) is 63.5 Å². The third kappa shape index (κ3) is 4.61. The van der Waals surface area contributed by atoms with Crippen LogP contribution < -0.4 is 15.4 Å². The van der Waals surface area contributed by atoms with Crippen molar-refractivity contribution in [3.63, 3.8) is 0 Å². The third-order valence-electron chi connectivity index (χ3n) is 2.74. The number of carbonyl (C=O) groups is 1. The fraction of sp³-hybridized carbons (Fsp3) is 0.267. The van der Waals surface area contributed by atoms with Crippen molar-refractivity contribution in [2.75, 3.05) is 20.1 Å². The fourth-order valence-corrected chi connectivity index (χ4v) is 1.65. The molecule has 0 spiro atoms. The van der Waals surface area contributed by atoms with Crippen molar-refractivity contribution in [1.29, 1.82) is 0 Å². The minimum atomic E-state index is -0.319. The molecule has 0 fully saturated rings. The first kappa shape index (κ1) is 15.1. The molecule has 2 N–H and O–H groups in total. The lowest BCUT2D eigenvalue weighted by Crippen LogP contribution is -2.30. The average Bonchev–Trinajstić information content (AvgIpc) is 2.96. The zero-order chi connectivity index (χ0) is 15.1. The Morgan fingerprint density at radius 2 is 1.95 bits per heavy atom. The molecule has 0 atom stereocenters. The van der Waals surface area contributed by atoms with Gasteiger partial charge >= 0.3 is 0 Å². The molecule has 1 amide bonds. The molecule has 21 heavy (non-hydrogen) atoms. The fourth-order valence-electron chi connectivity index (χ4n) is 1.65. The van der Waals surface area contributed by atoms with E-state index in [0.29, 0.717) is 24.6 Å². The molecule has 0 saturated heterocycles. The number of hydrogen-bond donors (Lipinski definition) is 2. The average molecular weight is 292 g/mol. The van der Waals surface area contributed by atoms with E-state index in [1.165, 1.54) is 24.3 Å². The number of furan rings is 1.